The summed E-state index contributed by atoms with van der Waals surface area (Å²) in [6.07, 6.45) is 5.88. The minimum absolute atomic E-state index is 0.0119. The number of nitrogens with one attached hydrogen (secondary N) is 1. The summed E-state index contributed by atoms with van der Waals surface area (Å²) in [6, 6.07) is 7.82. The molecule has 1 saturated carbocycles. The lowest BCUT2D eigenvalue weighted by Crippen LogP contribution is -2.58. The van der Waals surface area contributed by atoms with Gasteiger partial charge in [0.2, 0.25) is 5.91 Å². The number of aryl methyl sites for hydroxylation is 1. The van der Waals surface area contributed by atoms with E-state index in [2.05, 4.69) is 29.3 Å². The summed E-state index contributed by atoms with van der Waals surface area (Å²) in [7, 11) is 3.99. The second-order valence-electron chi connectivity index (χ2n) is 10.3. The highest BCUT2D eigenvalue weighted by Gasteiger charge is 2.56. The molecule has 4 amide bonds. The molecule has 2 saturated heterocycles. The van der Waals surface area contributed by atoms with Crippen LogP contribution in [0.15, 0.2) is 24.3 Å². The molecule has 7 nitrogen and oxygen atoms in total. The lowest BCUT2D eigenvalue weighted by atomic mass is 9.73. The van der Waals surface area contributed by atoms with Gasteiger partial charge in [-0.1, -0.05) is 30.7 Å². The fourth-order valence-electron chi connectivity index (χ4n) is 5.55. The maximum Gasteiger partial charge on any atom is 0.325 e. The number of benzene rings is 1. The van der Waals surface area contributed by atoms with Crippen molar-refractivity contribution in [1.29, 1.82) is 0 Å². The SMILES string of the molecule is Cc1ccccc1CC1(C2CCN(C(=O)C3CCC3)CC2)NC(=O)N(CCCN(C)C)C1=O. The maximum absolute atomic E-state index is 13.9. The van der Waals surface area contributed by atoms with E-state index in [0.29, 0.717) is 26.1 Å². The monoisotopic (exact) mass is 454 g/mol. The second kappa shape index (κ2) is 9.84. The average molecular weight is 455 g/mol. The lowest BCUT2D eigenvalue weighted by Gasteiger charge is -2.42. The van der Waals surface area contributed by atoms with Gasteiger partial charge in [0.15, 0.2) is 0 Å². The van der Waals surface area contributed by atoms with Crippen LogP contribution in [0.25, 0.3) is 0 Å². The third-order valence-electron chi connectivity index (χ3n) is 7.88. The smallest absolute Gasteiger partial charge is 0.325 e. The van der Waals surface area contributed by atoms with Crippen molar-refractivity contribution in [2.75, 3.05) is 40.3 Å². The predicted octanol–water partition coefficient (Wildman–Crippen LogP) is 2.82. The van der Waals surface area contributed by atoms with Crippen molar-refractivity contribution in [2.24, 2.45) is 11.8 Å². The first-order valence-corrected chi connectivity index (χ1v) is 12.4. The fourth-order valence-corrected chi connectivity index (χ4v) is 5.55. The molecule has 1 unspecified atom stereocenters. The van der Waals surface area contributed by atoms with E-state index >= 15 is 0 Å². The molecule has 1 aromatic rings. The number of piperidine rings is 1. The summed E-state index contributed by atoms with van der Waals surface area (Å²) in [6.45, 7) is 4.64. The van der Waals surface area contributed by atoms with Crippen molar-refractivity contribution in [3.8, 4) is 0 Å². The zero-order valence-electron chi connectivity index (χ0n) is 20.3. The van der Waals surface area contributed by atoms with Gasteiger partial charge in [-0.05, 0) is 76.7 Å². The number of urea groups is 1. The summed E-state index contributed by atoms with van der Waals surface area (Å²) in [5.74, 6) is 0.387. The lowest BCUT2D eigenvalue weighted by molar-refractivity contribution is -0.140. The van der Waals surface area contributed by atoms with Gasteiger partial charge in [0.05, 0.1) is 0 Å². The molecule has 33 heavy (non-hydrogen) atoms. The topological polar surface area (TPSA) is 73.0 Å². The third kappa shape index (κ3) is 4.79. The van der Waals surface area contributed by atoms with Crippen LogP contribution in [0, 0.1) is 18.8 Å². The third-order valence-corrected chi connectivity index (χ3v) is 7.88. The maximum atomic E-state index is 13.9. The largest absolute Gasteiger partial charge is 0.342 e. The molecule has 0 aromatic heterocycles. The average Bonchev–Trinajstić information content (AvgIpc) is 2.99. The molecule has 3 aliphatic rings. The minimum atomic E-state index is -0.938. The van der Waals surface area contributed by atoms with Crippen LogP contribution in [0.2, 0.25) is 0 Å². The number of amides is 4. The van der Waals surface area contributed by atoms with E-state index in [1.165, 1.54) is 4.90 Å². The number of hydrogen-bond acceptors (Lipinski definition) is 4. The van der Waals surface area contributed by atoms with Crippen molar-refractivity contribution < 1.29 is 14.4 Å². The molecule has 7 heteroatoms. The first kappa shape index (κ1) is 23.7. The number of hydrogen-bond donors (Lipinski definition) is 1. The number of rotatable bonds is 8. The molecule has 1 aromatic carbocycles. The van der Waals surface area contributed by atoms with E-state index in [-0.39, 0.29) is 29.7 Å². The van der Waals surface area contributed by atoms with Gasteiger partial charge in [-0.15, -0.1) is 0 Å². The molecule has 1 N–H and O–H groups in total. The van der Waals surface area contributed by atoms with E-state index in [9.17, 15) is 14.4 Å². The fraction of sp³-hybridized carbons (Fsp3) is 0.654. The van der Waals surface area contributed by atoms with Crippen LogP contribution in [-0.4, -0.2) is 78.4 Å². The van der Waals surface area contributed by atoms with Crippen LogP contribution in [0.5, 0.6) is 0 Å². The Morgan fingerprint density at radius 2 is 1.82 bits per heavy atom. The quantitative estimate of drug-likeness (QED) is 0.613. The molecule has 0 bridgehead atoms. The Labute approximate surface area is 197 Å². The van der Waals surface area contributed by atoms with Crippen molar-refractivity contribution in [1.82, 2.24) is 20.0 Å². The number of imide groups is 1. The van der Waals surface area contributed by atoms with Gasteiger partial charge in [0, 0.05) is 32.0 Å². The van der Waals surface area contributed by atoms with Gasteiger partial charge in [0.1, 0.15) is 5.54 Å². The molecule has 1 aliphatic carbocycles. The Morgan fingerprint density at radius 1 is 1.12 bits per heavy atom. The van der Waals surface area contributed by atoms with Crippen LogP contribution in [0.1, 0.15) is 49.7 Å². The van der Waals surface area contributed by atoms with Gasteiger partial charge in [-0.2, -0.15) is 0 Å². The van der Waals surface area contributed by atoms with Gasteiger partial charge < -0.3 is 15.1 Å². The van der Waals surface area contributed by atoms with Crippen LogP contribution in [0.3, 0.4) is 0 Å². The van der Waals surface area contributed by atoms with E-state index < -0.39 is 5.54 Å². The van der Waals surface area contributed by atoms with Gasteiger partial charge in [0.25, 0.3) is 5.91 Å². The van der Waals surface area contributed by atoms with Crippen molar-refractivity contribution in [3.05, 3.63) is 35.4 Å². The van der Waals surface area contributed by atoms with Crippen molar-refractivity contribution in [3.63, 3.8) is 0 Å². The summed E-state index contributed by atoms with van der Waals surface area (Å²) in [4.78, 5) is 45.1. The highest BCUT2D eigenvalue weighted by Crippen LogP contribution is 2.38. The standard InChI is InChI=1S/C26H38N4O3/c1-19-8-4-5-9-21(19)18-26(24(32)30(25(33)27-26)15-7-14-28(2)3)22-12-16-29(17-13-22)23(31)20-10-6-11-20/h4-5,8-9,20,22H,6-7,10-18H2,1-3H3,(H,27,33). The Balaban J connectivity index is 1.54. The molecule has 0 radical (unpaired) electrons. The Kier molecular flexibility index (Phi) is 7.07. The molecule has 2 heterocycles. The Hall–Kier alpha value is -2.41. The molecule has 0 spiro atoms. The zero-order chi connectivity index (χ0) is 23.6. The molecular weight excluding hydrogens is 416 g/mol. The molecule has 4 rings (SSSR count). The molecule has 1 atom stereocenters. The van der Waals surface area contributed by atoms with E-state index in [0.717, 1.165) is 56.2 Å². The molecule has 180 valence electrons. The number of carbonyl (C=O) groups excluding carboxylic acids is 3. The second-order valence-corrected chi connectivity index (χ2v) is 10.3. The Morgan fingerprint density at radius 3 is 2.42 bits per heavy atom. The van der Waals surface area contributed by atoms with Gasteiger partial charge in [-0.25, -0.2) is 4.79 Å². The highest BCUT2D eigenvalue weighted by atomic mass is 16.2. The van der Waals surface area contributed by atoms with Gasteiger partial charge in [-0.3, -0.25) is 14.5 Å². The zero-order valence-corrected chi connectivity index (χ0v) is 20.3. The first-order chi connectivity index (χ1) is 15.8. The number of nitrogens with zero attached hydrogens (tertiary/aromatic N) is 3. The summed E-state index contributed by atoms with van der Waals surface area (Å²) in [5.41, 5.74) is 1.28. The van der Waals surface area contributed by atoms with Crippen LogP contribution in [-0.2, 0) is 16.0 Å². The molecule has 3 fully saturated rings. The highest BCUT2D eigenvalue weighted by molar-refractivity contribution is 6.07. The van der Waals surface area contributed by atoms with Gasteiger partial charge >= 0.3 is 6.03 Å². The molecule has 2 aliphatic heterocycles. The van der Waals surface area contributed by atoms with Crippen LogP contribution in [0.4, 0.5) is 4.79 Å². The minimum Gasteiger partial charge on any atom is -0.342 e. The van der Waals surface area contributed by atoms with Crippen molar-refractivity contribution in [2.45, 2.75) is 57.4 Å². The normalized spacial score (nSPS) is 24.4. The molecular formula is C26H38N4O3. The number of likely N-dealkylation sites (tertiary alicyclic amines) is 1. The predicted molar refractivity (Wildman–Crippen MR) is 128 cm³/mol. The summed E-state index contributed by atoms with van der Waals surface area (Å²) < 4.78 is 0. The number of carbonyl (C=O) groups is 3. The van der Waals surface area contributed by atoms with E-state index in [1.54, 1.807) is 0 Å². The van der Waals surface area contributed by atoms with E-state index in [4.69, 9.17) is 0 Å². The van der Waals surface area contributed by atoms with Crippen LogP contribution < -0.4 is 5.32 Å². The summed E-state index contributed by atoms with van der Waals surface area (Å²) >= 11 is 0. The Bertz CT molecular complexity index is 889. The first-order valence-electron chi connectivity index (χ1n) is 12.4. The van der Waals surface area contributed by atoms with Crippen molar-refractivity contribution >= 4 is 17.8 Å². The summed E-state index contributed by atoms with van der Waals surface area (Å²) in [5, 5.41) is 3.16. The van der Waals surface area contributed by atoms with E-state index in [1.807, 2.05) is 31.1 Å². The van der Waals surface area contributed by atoms with Crippen LogP contribution >= 0.6 is 0 Å².